The molecular formula is C19H20N2O2S. The van der Waals surface area contributed by atoms with E-state index in [2.05, 4.69) is 40.7 Å². The molecule has 1 heterocycles. The molecule has 0 aliphatic heterocycles. The van der Waals surface area contributed by atoms with Crippen molar-refractivity contribution in [2.45, 2.75) is 18.2 Å². The summed E-state index contributed by atoms with van der Waals surface area (Å²) in [5.41, 5.74) is 4.32. The van der Waals surface area contributed by atoms with Gasteiger partial charge in [-0.15, -0.1) is 0 Å². The van der Waals surface area contributed by atoms with Crippen LogP contribution >= 0.6 is 11.8 Å². The Morgan fingerprint density at radius 3 is 2.46 bits per heavy atom. The Kier molecular flexibility index (Phi) is 5.35. The number of benzene rings is 2. The average molecular weight is 340 g/mol. The number of nitrogens with zero attached hydrogens (tertiary/aromatic N) is 2. The first-order chi connectivity index (χ1) is 11.7. The van der Waals surface area contributed by atoms with Gasteiger partial charge in [0.1, 0.15) is 0 Å². The number of thioether (sulfide) groups is 1. The lowest BCUT2D eigenvalue weighted by Crippen LogP contribution is -2.15. The molecule has 1 unspecified atom stereocenters. The number of imidazole rings is 1. The highest BCUT2D eigenvalue weighted by atomic mass is 32.2. The van der Waals surface area contributed by atoms with Crippen molar-refractivity contribution in [2.75, 3.05) is 12.4 Å². The number of aryl methyl sites for hydroxylation is 1. The highest BCUT2D eigenvalue weighted by molar-refractivity contribution is 7.99. The van der Waals surface area contributed by atoms with E-state index in [1.807, 2.05) is 36.5 Å². The zero-order valence-electron chi connectivity index (χ0n) is 13.5. The number of hydrogen-bond acceptors (Lipinski definition) is 4. The van der Waals surface area contributed by atoms with E-state index in [1.165, 1.54) is 17.3 Å². The second-order valence-electron chi connectivity index (χ2n) is 5.61. The normalized spacial score (nSPS) is 12.3. The third-order valence-corrected chi connectivity index (χ3v) is 4.80. The summed E-state index contributed by atoms with van der Waals surface area (Å²) in [4.78, 5) is 4.53. The fourth-order valence-corrected chi connectivity index (χ4v) is 3.32. The highest BCUT2D eigenvalue weighted by Gasteiger charge is 2.15. The van der Waals surface area contributed by atoms with Gasteiger partial charge < -0.3 is 10.2 Å². The van der Waals surface area contributed by atoms with Crippen LogP contribution in [0.25, 0.3) is 16.9 Å². The maximum atomic E-state index is 9.63. The van der Waals surface area contributed by atoms with E-state index in [9.17, 15) is 5.11 Å². The Hall–Kier alpha value is -2.08. The van der Waals surface area contributed by atoms with Gasteiger partial charge in [0.15, 0.2) is 5.16 Å². The molecule has 4 nitrogen and oxygen atoms in total. The van der Waals surface area contributed by atoms with Crippen LogP contribution in [-0.2, 0) is 0 Å². The van der Waals surface area contributed by atoms with Gasteiger partial charge in [0.2, 0.25) is 0 Å². The predicted molar refractivity (Wildman–Crippen MR) is 97.6 cm³/mol. The number of aromatic nitrogens is 2. The Bertz CT molecular complexity index is 785. The van der Waals surface area contributed by atoms with Crippen molar-refractivity contribution in [3.63, 3.8) is 0 Å². The molecule has 1 atom stereocenters. The topological polar surface area (TPSA) is 58.3 Å². The second-order valence-corrected chi connectivity index (χ2v) is 6.60. The summed E-state index contributed by atoms with van der Waals surface area (Å²) in [7, 11) is 0. The van der Waals surface area contributed by atoms with Crippen molar-refractivity contribution in [1.82, 2.24) is 9.55 Å². The predicted octanol–water partition coefficient (Wildman–Crippen LogP) is 3.29. The molecule has 0 spiro atoms. The molecule has 0 bridgehead atoms. The maximum absolute atomic E-state index is 9.63. The van der Waals surface area contributed by atoms with Gasteiger partial charge in [-0.1, -0.05) is 59.8 Å². The van der Waals surface area contributed by atoms with Crippen molar-refractivity contribution < 1.29 is 10.2 Å². The van der Waals surface area contributed by atoms with Crippen LogP contribution in [0, 0.1) is 6.92 Å². The summed E-state index contributed by atoms with van der Waals surface area (Å²) >= 11 is 1.44. The van der Waals surface area contributed by atoms with E-state index in [1.54, 1.807) is 0 Å². The van der Waals surface area contributed by atoms with Crippen LogP contribution in [0.4, 0.5) is 0 Å². The molecule has 3 rings (SSSR count). The minimum Gasteiger partial charge on any atom is -0.394 e. The van der Waals surface area contributed by atoms with Crippen molar-refractivity contribution in [1.29, 1.82) is 0 Å². The summed E-state index contributed by atoms with van der Waals surface area (Å²) in [6, 6.07) is 18.4. The Morgan fingerprint density at radius 1 is 1.08 bits per heavy atom. The van der Waals surface area contributed by atoms with Crippen molar-refractivity contribution in [2.24, 2.45) is 0 Å². The van der Waals surface area contributed by atoms with Gasteiger partial charge in [0.25, 0.3) is 0 Å². The van der Waals surface area contributed by atoms with Crippen LogP contribution in [0.5, 0.6) is 0 Å². The molecule has 3 aromatic rings. The molecule has 0 saturated heterocycles. The minimum atomic E-state index is -0.751. The summed E-state index contributed by atoms with van der Waals surface area (Å²) in [6.07, 6.45) is 1.10. The first-order valence-corrected chi connectivity index (χ1v) is 8.79. The van der Waals surface area contributed by atoms with Crippen molar-refractivity contribution in [3.8, 4) is 16.9 Å². The van der Waals surface area contributed by atoms with Crippen molar-refractivity contribution >= 4 is 11.8 Å². The van der Waals surface area contributed by atoms with Gasteiger partial charge in [-0.3, -0.25) is 4.57 Å². The lowest BCUT2D eigenvalue weighted by atomic mass is 10.1. The van der Waals surface area contributed by atoms with E-state index >= 15 is 0 Å². The van der Waals surface area contributed by atoms with Crippen LogP contribution in [0.15, 0.2) is 66.0 Å². The van der Waals surface area contributed by atoms with Gasteiger partial charge >= 0.3 is 0 Å². The molecule has 0 aliphatic rings. The van der Waals surface area contributed by atoms with E-state index in [0.29, 0.717) is 5.75 Å². The quantitative estimate of drug-likeness (QED) is 0.676. The van der Waals surface area contributed by atoms with Crippen LogP contribution < -0.4 is 0 Å². The summed E-state index contributed by atoms with van der Waals surface area (Å²) in [5, 5.41) is 19.4. The van der Waals surface area contributed by atoms with Crippen LogP contribution in [0.3, 0.4) is 0 Å². The second kappa shape index (κ2) is 7.66. The first kappa shape index (κ1) is 16.8. The van der Waals surface area contributed by atoms with E-state index in [4.69, 9.17) is 5.11 Å². The maximum Gasteiger partial charge on any atom is 0.173 e. The molecule has 0 radical (unpaired) electrons. The fourth-order valence-electron chi connectivity index (χ4n) is 2.41. The number of hydrogen-bond donors (Lipinski definition) is 2. The molecule has 0 aliphatic carbocycles. The van der Waals surface area contributed by atoms with Crippen LogP contribution in [0.1, 0.15) is 5.56 Å². The third kappa shape index (κ3) is 3.70. The van der Waals surface area contributed by atoms with E-state index in [-0.39, 0.29) is 6.61 Å². The standard InChI is InChI=1S/C19H20N2O2S/c1-14-7-9-15(10-8-14)18-11-20-19(24-13-17(23)12-22)21(18)16-5-3-2-4-6-16/h2-11,17,22-23H,12-13H2,1H3. The van der Waals surface area contributed by atoms with E-state index < -0.39 is 6.10 Å². The summed E-state index contributed by atoms with van der Waals surface area (Å²) < 4.78 is 2.08. The lowest BCUT2D eigenvalue weighted by Gasteiger charge is -2.13. The zero-order valence-corrected chi connectivity index (χ0v) is 14.3. The molecule has 0 amide bonds. The molecule has 0 saturated carbocycles. The molecule has 2 aromatic carbocycles. The highest BCUT2D eigenvalue weighted by Crippen LogP contribution is 2.30. The average Bonchev–Trinajstić information content (AvgIpc) is 3.05. The SMILES string of the molecule is Cc1ccc(-c2cnc(SCC(O)CO)n2-c2ccccc2)cc1. The van der Waals surface area contributed by atoms with E-state index in [0.717, 1.165) is 22.1 Å². The molecular weight excluding hydrogens is 320 g/mol. The minimum absolute atomic E-state index is 0.246. The molecule has 1 aromatic heterocycles. The van der Waals surface area contributed by atoms with Gasteiger partial charge in [0.05, 0.1) is 24.6 Å². The van der Waals surface area contributed by atoms with Crippen molar-refractivity contribution in [3.05, 3.63) is 66.4 Å². The molecule has 124 valence electrons. The summed E-state index contributed by atoms with van der Waals surface area (Å²) in [5.74, 6) is 0.397. The number of aliphatic hydroxyl groups excluding tert-OH is 2. The summed E-state index contributed by atoms with van der Waals surface area (Å²) in [6.45, 7) is 1.82. The third-order valence-electron chi connectivity index (χ3n) is 3.71. The van der Waals surface area contributed by atoms with Gasteiger partial charge in [-0.2, -0.15) is 0 Å². The Balaban J connectivity index is 2.03. The largest absolute Gasteiger partial charge is 0.394 e. The monoisotopic (exact) mass is 340 g/mol. The molecule has 0 fully saturated rings. The van der Waals surface area contributed by atoms with Crippen LogP contribution in [0.2, 0.25) is 0 Å². The Morgan fingerprint density at radius 2 is 1.79 bits per heavy atom. The number of rotatable bonds is 6. The number of para-hydroxylation sites is 1. The smallest absolute Gasteiger partial charge is 0.173 e. The van der Waals surface area contributed by atoms with Gasteiger partial charge in [-0.25, -0.2) is 4.98 Å². The zero-order chi connectivity index (χ0) is 16.9. The molecule has 2 N–H and O–H groups in total. The lowest BCUT2D eigenvalue weighted by molar-refractivity contribution is 0.113. The fraction of sp³-hybridized carbons (Fsp3) is 0.211. The molecule has 24 heavy (non-hydrogen) atoms. The molecule has 5 heteroatoms. The van der Waals surface area contributed by atoms with Gasteiger partial charge in [-0.05, 0) is 19.1 Å². The van der Waals surface area contributed by atoms with Crippen LogP contribution in [-0.4, -0.2) is 38.2 Å². The first-order valence-electron chi connectivity index (χ1n) is 7.81. The van der Waals surface area contributed by atoms with Gasteiger partial charge in [0, 0.05) is 17.0 Å². The number of aliphatic hydroxyl groups is 2. The Labute approximate surface area is 145 Å².